The minimum Gasteiger partial charge on any atom is -0.396 e. The van der Waals surface area contributed by atoms with E-state index in [-0.39, 0.29) is 12.5 Å². The molecule has 0 atom stereocenters. The molecule has 0 aliphatic heterocycles. The second kappa shape index (κ2) is 5.21. The van der Waals surface area contributed by atoms with Crippen LogP contribution in [0.2, 0.25) is 0 Å². The minimum atomic E-state index is -0.523. The van der Waals surface area contributed by atoms with E-state index in [1.165, 1.54) is 0 Å². The first-order chi connectivity index (χ1) is 7.06. The Labute approximate surface area is 88.7 Å². The Morgan fingerprint density at radius 3 is 2.40 bits per heavy atom. The summed E-state index contributed by atoms with van der Waals surface area (Å²) >= 11 is 0. The molecule has 1 nitrogen and oxygen atoms in total. The zero-order valence-electron chi connectivity index (χ0n) is 9.06. The maximum Gasteiger partial charge on any atom is 0.129 e. The molecule has 3 heteroatoms. The summed E-state index contributed by atoms with van der Waals surface area (Å²) in [4.78, 5) is 0. The van der Waals surface area contributed by atoms with Gasteiger partial charge in [-0.1, -0.05) is 13.8 Å². The van der Waals surface area contributed by atoms with Crippen molar-refractivity contribution in [3.05, 3.63) is 34.9 Å². The molecule has 1 aromatic rings. The van der Waals surface area contributed by atoms with Gasteiger partial charge in [0, 0.05) is 12.7 Å². The van der Waals surface area contributed by atoms with E-state index in [4.69, 9.17) is 5.11 Å². The number of hydrogen-bond acceptors (Lipinski definition) is 1. The first kappa shape index (κ1) is 12.1. The largest absolute Gasteiger partial charge is 0.396 e. The molecule has 0 bridgehead atoms. The monoisotopic (exact) mass is 214 g/mol. The van der Waals surface area contributed by atoms with Gasteiger partial charge in [0.05, 0.1) is 0 Å². The Morgan fingerprint density at radius 1 is 1.20 bits per heavy atom. The molecule has 0 heterocycles. The van der Waals surface area contributed by atoms with Gasteiger partial charge >= 0.3 is 0 Å². The van der Waals surface area contributed by atoms with Gasteiger partial charge in [-0.2, -0.15) is 0 Å². The molecule has 1 rings (SSSR count). The summed E-state index contributed by atoms with van der Waals surface area (Å²) in [5.74, 6) is -0.973. The number of benzene rings is 1. The lowest BCUT2D eigenvalue weighted by Crippen LogP contribution is -2.00. The minimum absolute atomic E-state index is 0.0217. The smallest absolute Gasteiger partial charge is 0.129 e. The van der Waals surface area contributed by atoms with Gasteiger partial charge in [0.15, 0.2) is 0 Å². The average molecular weight is 214 g/mol. The molecule has 0 aliphatic rings. The maximum atomic E-state index is 13.3. The quantitative estimate of drug-likeness (QED) is 0.816. The first-order valence-corrected chi connectivity index (χ1v) is 5.15. The van der Waals surface area contributed by atoms with Crippen LogP contribution in [-0.2, 0) is 6.42 Å². The van der Waals surface area contributed by atoms with Gasteiger partial charge < -0.3 is 5.11 Å². The van der Waals surface area contributed by atoms with E-state index in [9.17, 15) is 8.78 Å². The second-order valence-electron chi connectivity index (χ2n) is 3.95. The first-order valence-electron chi connectivity index (χ1n) is 5.15. The third kappa shape index (κ3) is 2.99. The number of aliphatic hydroxyl groups is 1. The van der Waals surface area contributed by atoms with Crippen molar-refractivity contribution in [2.45, 2.75) is 32.6 Å². The van der Waals surface area contributed by atoms with Crippen molar-refractivity contribution in [2.75, 3.05) is 6.61 Å². The molecular weight excluding hydrogens is 198 g/mol. The lowest BCUT2D eigenvalue weighted by atomic mass is 9.98. The van der Waals surface area contributed by atoms with Crippen LogP contribution in [0, 0.1) is 11.6 Å². The van der Waals surface area contributed by atoms with Crippen molar-refractivity contribution in [3.8, 4) is 0 Å². The van der Waals surface area contributed by atoms with Gasteiger partial charge in [-0.25, -0.2) is 8.78 Å². The SMILES string of the molecule is CC(C)c1cc(CCCO)c(F)cc1F. The van der Waals surface area contributed by atoms with Crippen LogP contribution in [0.3, 0.4) is 0 Å². The molecule has 0 aliphatic carbocycles. The van der Waals surface area contributed by atoms with Crippen LogP contribution in [0.5, 0.6) is 0 Å². The van der Waals surface area contributed by atoms with Crippen LogP contribution in [0.4, 0.5) is 8.78 Å². The predicted molar refractivity (Wildman–Crippen MR) is 55.9 cm³/mol. The Bertz CT molecular complexity index is 335. The van der Waals surface area contributed by atoms with Gasteiger partial charge in [0.1, 0.15) is 11.6 Å². The zero-order valence-corrected chi connectivity index (χ0v) is 9.06. The van der Waals surface area contributed by atoms with Crippen LogP contribution >= 0.6 is 0 Å². The van der Waals surface area contributed by atoms with Gasteiger partial charge in [0.25, 0.3) is 0 Å². The number of halogens is 2. The normalized spacial score (nSPS) is 11.1. The molecule has 1 N–H and O–H groups in total. The number of aliphatic hydroxyl groups excluding tert-OH is 1. The number of hydrogen-bond donors (Lipinski definition) is 1. The summed E-state index contributed by atoms with van der Waals surface area (Å²) in [7, 11) is 0. The lowest BCUT2D eigenvalue weighted by molar-refractivity contribution is 0.288. The third-order valence-corrected chi connectivity index (χ3v) is 2.39. The van der Waals surface area contributed by atoms with Crippen LogP contribution in [0.15, 0.2) is 12.1 Å². The van der Waals surface area contributed by atoms with Crippen molar-refractivity contribution >= 4 is 0 Å². The van der Waals surface area contributed by atoms with Gasteiger partial charge in [-0.3, -0.25) is 0 Å². The molecule has 0 amide bonds. The van der Waals surface area contributed by atoms with Crippen LogP contribution in [-0.4, -0.2) is 11.7 Å². The van der Waals surface area contributed by atoms with Crippen molar-refractivity contribution in [3.63, 3.8) is 0 Å². The van der Waals surface area contributed by atoms with E-state index in [2.05, 4.69) is 0 Å². The Kier molecular flexibility index (Phi) is 4.21. The highest BCUT2D eigenvalue weighted by atomic mass is 19.1. The standard InChI is InChI=1S/C12H16F2O/c1-8(2)10-6-9(4-3-5-15)11(13)7-12(10)14/h6-8,15H,3-5H2,1-2H3. The summed E-state index contributed by atoms with van der Waals surface area (Å²) in [5, 5.41) is 8.66. The van der Waals surface area contributed by atoms with Crippen molar-refractivity contribution in [1.82, 2.24) is 0 Å². The molecule has 84 valence electrons. The van der Waals surface area contributed by atoms with E-state index in [1.807, 2.05) is 13.8 Å². The average Bonchev–Trinajstić information content (AvgIpc) is 2.16. The van der Waals surface area contributed by atoms with Gasteiger partial charge in [0.2, 0.25) is 0 Å². The summed E-state index contributed by atoms with van der Waals surface area (Å²) in [6.07, 6.45) is 0.947. The maximum absolute atomic E-state index is 13.3. The Hall–Kier alpha value is -0.960. The fraction of sp³-hybridized carbons (Fsp3) is 0.500. The van der Waals surface area contributed by atoms with Crippen molar-refractivity contribution in [2.24, 2.45) is 0 Å². The second-order valence-corrected chi connectivity index (χ2v) is 3.95. The van der Waals surface area contributed by atoms with Gasteiger partial charge in [-0.05, 0) is 36.0 Å². The molecule has 0 aromatic heterocycles. The van der Waals surface area contributed by atoms with Crippen LogP contribution in [0.1, 0.15) is 37.3 Å². The third-order valence-electron chi connectivity index (χ3n) is 2.39. The van der Waals surface area contributed by atoms with E-state index in [1.54, 1.807) is 6.07 Å². The van der Waals surface area contributed by atoms with Gasteiger partial charge in [-0.15, -0.1) is 0 Å². The molecule has 15 heavy (non-hydrogen) atoms. The van der Waals surface area contributed by atoms with E-state index in [0.29, 0.717) is 24.0 Å². The molecule has 0 fully saturated rings. The molecule has 0 saturated heterocycles. The summed E-state index contributed by atoms with van der Waals surface area (Å²) in [6, 6.07) is 2.49. The molecular formula is C12H16F2O. The highest BCUT2D eigenvalue weighted by Gasteiger charge is 2.11. The van der Waals surface area contributed by atoms with E-state index in [0.717, 1.165) is 6.07 Å². The fourth-order valence-electron chi connectivity index (χ4n) is 1.52. The summed E-state index contributed by atoms with van der Waals surface area (Å²) < 4.78 is 26.6. The molecule has 0 spiro atoms. The highest BCUT2D eigenvalue weighted by Crippen LogP contribution is 2.22. The number of aryl methyl sites for hydroxylation is 1. The molecule has 0 saturated carbocycles. The van der Waals surface area contributed by atoms with Crippen LogP contribution in [0.25, 0.3) is 0 Å². The van der Waals surface area contributed by atoms with Crippen molar-refractivity contribution < 1.29 is 13.9 Å². The lowest BCUT2D eigenvalue weighted by Gasteiger charge is -2.10. The van der Waals surface area contributed by atoms with E-state index >= 15 is 0 Å². The summed E-state index contributed by atoms with van der Waals surface area (Å²) in [6.45, 7) is 3.76. The molecule has 1 aromatic carbocycles. The molecule has 0 radical (unpaired) electrons. The zero-order chi connectivity index (χ0) is 11.4. The molecule has 0 unspecified atom stereocenters. The fourth-order valence-corrected chi connectivity index (χ4v) is 1.52. The highest BCUT2D eigenvalue weighted by molar-refractivity contribution is 5.28. The topological polar surface area (TPSA) is 20.2 Å². The van der Waals surface area contributed by atoms with Crippen molar-refractivity contribution in [1.29, 1.82) is 0 Å². The Balaban J connectivity index is 3.00. The van der Waals surface area contributed by atoms with E-state index < -0.39 is 11.6 Å². The summed E-state index contributed by atoms with van der Waals surface area (Å²) in [5.41, 5.74) is 1.01. The van der Waals surface area contributed by atoms with Crippen LogP contribution < -0.4 is 0 Å². The predicted octanol–water partition coefficient (Wildman–Crippen LogP) is 3.01. The Morgan fingerprint density at radius 2 is 1.87 bits per heavy atom. The number of rotatable bonds is 4.